The van der Waals surface area contributed by atoms with E-state index in [1.807, 2.05) is 24.3 Å². The van der Waals surface area contributed by atoms with Crippen molar-refractivity contribution in [2.45, 2.75) is 19.8 Å². The van der Waals surface area contributed by atoms with Gasteiger partial charge in [-0.25, -0.2) is 0 Å². The molecule has 0 radical (unpaired) electrons. The molecule has 1 aliphatic heterocycles. The van der Waals surface area contributed by atoms with Crippen LogP contribution in [0.5, 0.6) is 5.75 Å². The third-order valence-corrected chi connectivity index (χ3v) is 4.43. The number of aromatic nitrogens is 2. The number of carbonyl (C=O) groups is 2. The van der Waals surface area contributed by atoms with Crippen LogP contribution in [0.15, 0.2) is 28.8 Å². The second-order valence-electron chi connectivity index (χ2n) is 6.13. The molecule has 3 rings (SSSR count). The summed E-state index contributed by atoms with van der Waals surface area (Å²) in [5.74, 6) is 1.70. The van der Waals surface area contributed by atoms with Gasteiger partial charge in [0, 0.05) is 51.5 Å². The Balaban J connectivity index is 1.53. The summed E-state index contributed by atoms with van der Waals surface area (Å²) in [5, 5.41) is 3.97. The predicted octanol–water partition coefficient (Wildman–Crippen LogP) is 1.37. The number of carbonyl (C=O) groups excluding carboxylic acids is 2. The lowest BCUT2D eigenvalue weighted by atomic mass is 10.2. The number of ether oxygens (including phenoxy) is 1. The van der Waals surface area contributed by atoms with Crippen molar-refractivity contribution in [3.8, 4) is 17.1 Å². The van der Waals surface area contributed by atoms with Crippen LogP contribution in [0, 0.1) is 0 Å². The summed E-state index contributed by atoms with van der Waals surface area (Å²) in [7, 11) is 1.60. The van der Waals surface area contributed by atoms with Crippen molar-refractivity contribution in [2.75, 3.05) is 33.3 Å². The van der Waals surface area contributed by atoms with Gasteiger partial charge in [0.05, 0.1) is 7.11 Å². The first-order valence-corrected chi connectivity index (χ1v) is 8.57. The third-order valence-electron chi connectivity index (χ3n) is 4.43. The Bertz CT molecular complexity index is 781. The fourth-order valence-corrected chi connectivity index (χ4v) is 2.88. The van der Waals surface area contributed by atoms with Crippen LogP contribution in [0.25, 0.3) is 11.4 Å². The maximum atomic E-state index is 12.3. The summed E-state index contributed by atoms with van der Waals surface area (Å²) in [4.78, 5) is 31.5. The summed E-state index contributed by atoms with van der Waals surface area (Å²) in [6.45, 7) is 3.85. The smallest absolute Gasteiger partial charge is 0.227 e. The highest BCUT2D eigenvalue weighted by Crippen LogP contribution is 2.21. The van der Waals surface area contributed by atoms with Gasteiger partial charge in [-0.15, -0.1) is 0 Å². The molecule has 8 nitrogen and oxygen atoms in total. The molecule has 0 unspecified atom stereocenters. The number of aryl methyl sites for hydroxylation is 1. The fourth-order valence-electron chi connectivity index (χ4n) is 2.88. The van der Waals surface area contributed by atoms with E-state index in [9.17, 15) is 9.59 Å². The van der Waals surface area contributed by atoms with Crippen LogP contribution in [-0.4, -0.2) is 65.0 Å². The Labute approximate surface area is 151 Å². The molecule has 1 saturated heterocycles. The van der Waals surface area contributed by atoms with Crippen LogP contribution in [0.2, 0.25) is 0 Å². The maximum absolute atomic E-state index is 12.3. The van der Waals surface area contributed by atoms with Crippen LogP contribution in [0.3, 0.4) is 0 Å². The van der Waals surface area contributed by atoms with E-state index in [-0.39, 0.29) is 11.8 Å². The highest BCUT2D eigenvalue weighted by atomic mass is 16.5. The van der Waals surface area contributed by atoms with Crippen molar-refractivity contribution in [1.29, 1.82) is 0 Å². The Hall–Kier alpha value is -2.90. The Morgan fingerprint density at radius 3 is 2.62 bits per heavy atom. The van der Waals surface area contributed by atoms with Gasteiger partial charge < -0.3 is 19.1 Å². The number of nitrogens with zero attached hydrogens (tertiary/aromatic N) is 4. The van der Waals surface area contributed by atoms with Gasteiger partial charge in [0.15, 0.2) is 0 Å². The fraction of sp³-hybridized carbons (Fsp3) is 0.444. The summed E-state index contributed by atoms with van der Waals surface area (Å²) in [6.07, 6.45) is 0.697. The average Bonchev–Trinajstić information content (AvgIpc) is 3.15. The van der Waals surface area contributed by atoms with E-state index in [0.717, 1.165) is 5.56 Å². The van der Waals surface area contributed by atoms with Crippen molar-refractivity contribution in [3.63, 3.8) is 0 Å². The van der Waals surface area contributed by atoms with E-state index in [2.05, 4.69) is 10.1 Å². The standard InChI is InChI=1S/C18H22N4O4/c1-13(23)21-8-10-22(11-9-21)17(24)7-6-16-19-18(20-26-16)14-4-3-5-15(12-14)25-2/h3-5,12H,6-11H2,1-2H3. The number of rotatable bonds is 5. The van der Waals surface area contributed by atoms with E-state index in [4.69, 9.17) is 9.26 Å². The van der Waals surface area contributed by atoms with Gasteiger partial charge >= 0.3 is 0 Å². The molecule has 0 aliphatic carbocycles. The number of piperazine rings is 1. The minimum atomic E-state index is 0.0364. The second-order valence-corrected chi connectivity index (χ2v) is 6.13. The molecular weight excluding hydrogens is 336 g/mol. The van der Waals surface area contributed by atoms with Gasteiger partial charge in [-0.2, -0.15) is 4.98 Å². The first-order valence-electron chi connectivity index (χ1n) is 8.57. The van der Waals surface area contributed by atoms with Crippen LogP contribution in [-0.2, 0) is 16.0 Å². The molecular formula is C18H22N4O4. The highest BCUT2D eigenvalue weighted by molar-refractivity contribution is 5.77. The van der Waals surface area contributed by atoms with E-state index >= 15 is 0 Å². The molecule has 1 aromatic carbocycles. The van der Waals surface area contributed by atoms with Gasteiger partial charge in [-0.1, -0.05) is 17.3 Å². The van der Waals surface area contributed by atoms with Crippen LogP contribution in [0.4, 0.5) is 0 Å². The number of benzene rings is 1. The Kier molecular flexibility index (Phi) is 5.50. The molecule has 26 heavy (non-hydrogen) atoms. The molecule has 138 valence electrons. The molecule has 2 amide bonds. The molecule has 0 atom stereocenters. The van der Waals surface area contributed by atoms with Crippen LogP contribution >= 0.6 is 0 Å². The molecule has 0 N–H and O–H groups in total. The summed E-state index contributed by atoms with van der Waals surface area (Å²) < 4.78 is 10.4. The average molecular weight is 358 g/mol. The molecule has 2 aromatic rings. The zero-order valence-electron chi connectivity index (χ0n) is 15.0. The molecule has 1 aliphatic rings. The zero-order valence-corrected chi connectivity index (χ0v) is 15.0. The molecule has 1 aromatic heterocycles. The van der Waals surface area contributed by atoms with Crippen LogP contribution < -0.4 is 4.74 Å². The molecule has 0 spiro atoms. The predicted molar refractivity (Wildman–Crippen MR) is 93.4 cm³/mol. The van der Waals surface area contributed by atoms with Gasteiger partial charge in [0.25, 0.3) is 0 Å². The summed E-state index contributed by atoms with van der Waals surface area (Å²) in [6, 6.07) is 7.40. The molecule has 0 bridgehead atoms. The van der Waals surface area contributed by atoms with Crippen LogP contribution in [0.1, 0.15) is 19.2 Å². The lowest BCUT2D eigenvalue weighted by Gasteiger charge is -2.34. The van der Waals surface area contributed by atoms with Crippen molar-refractivity contribution in [1.82, 2.24) is 19.9 Å². The monoisotopic (exact) mass is 358 g/mol. The van der Waals surface area contributed by atoms with Gasteiger partial charge in [0.2, 0.25) is 23.5 Å². The lowest BCUT2D eigenvalue weighted by Crippen LogP contribution is -2.50. The summed E-state index contributed by atoms with van der Waals surface area (Å²) in [5.41, 5.74) is 0.797. The van der Waals surface area contributed by atoms with E-state index in [0.29, 0.717) is 56.5 Å². The first-order chi connectivity index (χ1) is 12.6. The molecule has 0 saturated carbocycles. The number of methoxy groups -OCH3 is 1. The van der Waals surface area contributed by atoms with Gasteiger partial charge in [-0.3, -0.25) is 9.59 Å². The third kappa shape index (κ3) is 4.19. The molecule has 2 heterocycles. The highest BCUT2D eigenvalue weighted by Gasteiger charge is 2.22. The normalized spacial score (nSPS) is 14.4. The number of hydrogen-bond acceptors (Lipinski definition) is 6. The van der Waals surface area contributed by atoms with E-state index < -0.39 is 0 Å². The van der Waals surface area contributed by atoms with E-state index in [1.165, 1.54) is 0 Å². The SMILES string of the molecule is COc1cccc(-c2noc(CCC(=O)N3CCN(C(C)=O)CC3)n2)c1. The first kappa shape index (κ1) is 17.9. The Morgan fingerprint density at radius 2 is 1.92 bits per heavy atom. The van der Waals surface area contributed by atoms with Crippen molar-refractivity contribution >= 4 is 11.8 Å². The summed E-state index contributed by atoms with van der Waals surface area (Å²) >= 11 is 0. The van der Waals surface area contributed by atoms with Crippen molar-refractivity contribution in [2.24, 2.45) is 0 Å². The largest absolute Gasteiger partial charge is 0.497 e. The second kappa shape index (κ2) is 7.99. The maximum Gasteiger partial charge on any atom is 0.227 e. The minimum absolute atomic E-state index is 0.0364. The molecule has 8 heteroatoms. The number of amides is 2. The number of hydrogen-bond donors (Lipinski definition) is 0. The minimum Gasteiger partial charge on any atom is -0.497 e. The van der Waals surface area contributed by atoms with Crippen molar-refractivity contribution in [3.05, 3.63) is 30.2 Å². The Morgan fingerprint density at radius 1 is 1.19 bits per heavy atom. The van der Waals surface area contributed by atoms with Gasteiger partial charge in [-0.05, 0) is 12.1 Å². The van der Waals surface area contributed by atoms with Crippen molar-refractivity contribution < 1.29 is 18.8 Å². The topological polar surface area (TPSA) is 88.8 Å². The van der Waals surface area contributed by atoms with Gasteiger partial charge in [0.1, 0.15) is 5.75 Å². The molecule has 1 fully saturated rings. The lowest BCUT2D eigenvalue weighted by molar-refractivity contribution is -0.138. The quantitative estimate of drug-likeness (QED) is 0.802. The zero-order chi connectivity index (χ0) is 18.5. The van der Waals surface area contributed by atoms with E-state index in [1.54, 1.807) is 23.8 Å².